The lowest BCUT2D eigenvalue weighted by Crippen LogP contribution is -2.15. The van der Waals surface area contributed by atoms with Gasteiger partial charge in [0, 0.05) is 0 Å². The summed E-state index contributed by atoms with van der Waals surface area (Å²) < 4.78 is 45.9. The van der Waals surface area contributed by atoms with Gasteiger partial charge < -0.3 is 9.47 Å². The predicted molar refractivity (Wildman–Crippen MR) is 92.6 cm³/mol. The van der Waals surface area contributed by atoms with Crippen LogP contribution in [0.4, 0.5) is 5.69 Å². The highest BCUT2D eigenvalue weighted by Gasteiger charge is 2.22. The third-order valence-electron chi connectivity index (χ3n) is 3.40. The molecular weight excluding hydrogens is 366 g/mol. The largest absolute Gasteiger partial charge is 0.495 e. The summed E-state index contributed by atoms with van der Waals surface area (Å²) in [5.41, 5.74) is 1.08. The van der Waals surface area contributed by atoms with Gasteiger partial charge in [-0.15, -0.1) is 0 Å². The molecule has 0 unspecified atom stereocenters. The fraction of sp³-hybridized carbons (Fsp3) is 0.133. The molecule has 1 N–H and O–H groups in total. The number of benzene rings is 2. The molecule has 0 saturated carbocycles. The number of carbonyl (C=O) groups is 1. The number of methoxy groups -OCH3 is 2. The topological polar surface area (TPSA) is 107 Å². The molecular formula is C15H13N3O5S2. The van der Waals surface area contributed by atoms with Crippen LogP contribution in [0.25, 0.3) is 11.0 Å². The average molecular weight is 379 g/mol. The molecule has 0 bridgehead atoms. The van der Waals surface area contributed by atoms with Gasteiger partial charge in [0.25, 0.3) is 10.0 Å². The molecule has 130 valence electrons. The third-order valence-corrected chi connectivity index (χ3v) is 5.34. The summed E-state index contributed by atoms with van der Waals surface area (Å²) in [5.74, 6) is -0.325. The van der Waals surface area contributed by atoms with Crippen LogP contribution in [0, 0.1) is 0 Å². The number of rotatable bonds is 5. The number of hydrogen-bond donors (Lipinski definition) is 1. The number of nitrogens with zero attached hydrogens (tertiary/aromatic N) is 2. The van der Waals surface area contributed by atoms with E-state index < -0.39 is 16.0 Å². The minimum absolute atomic E-state index is 0.00993. The van der Waals surface area contributed by atoms with Crippen LogP contribution >= 0.6 is 11.7 Å². The molecule has 3 rings (SSSR count). The molecule has 0 aliphatic rings. The van der Waals surface area contributed by atoms with Crippen LogP contribution in [0.15, 0.2) is 41.3 Å². The molecule has 0 aliphatic heterocycles. The van der Waals surface area contributed by atoms with Gasteiger partial charge >= 0.3 is 5.97 Å². The van der Waals surface area contributed by atoms with Crippen molar-refractivity contribution in [3.8, 4) is 5.75 Å². The summed E-state index contributed by atoms with van der Waals surface area (Å²) in [4.78, 5) is 11.7. The van der Waals surface area contributed by atoms with Crippen LogP contribution < -0.4 is 9.46 Å². The zero-order valence-corrected chi connectivity index (χ0v) is 14.8. The van der Waals surface area contributed by atoms with Crippen molar-refractivity contribution in [1.29, 1.82) is 0 Å². The maximum absolute atomic E-state index is 12.8. The van der Waals surface area contributed by atoms with E-state index in [4.69, 9.17) is 4.74 Å². The van der Waals surface area contributed by atoms with Crippen LogP contribution in [-0.2, 0) is 14.8 Å². The second-order valence-electron chi connectivity index (χ2n) is 4.90. The van der Waals surface area contributed by atoms with Gasteiger partial charge in [-0.1, -0.05) is 6.07 Å². The maximum atomic E-state index is 12.8. The van der Waals surface area contributed by atoms with Crippen molar-refractivity contribution in [2.24, 2.45) is 0 Å². The highest BCUT2D eigenvalue weighted by atomic mass is 32.2. The molecule has 10 heteroatoms. The minimum atomic E-state index is -3.97. The van der Waals surface area contributed by atoms with E-state index in [0.29, 0.717) is 5.52 Å². The second kappa shape index (κ2) is 6.65. The summed E-state index contributed by atoms with van der Waals surface area (Å²) in [6.07, 6.45) is 0. The van der Waals surface area contributed by atoms with Crippen LogP contribution in [0.5, 0.6) is 5.75 Å². The van der Waals surface area contributed by atoms with Gasteiger partial charge in [-0.2, -0.15) is 8.75 Å². The van der Waals surface area contributed by atoms with Crippen LogP contribution in [0.2, 0.25) is 0 Å². The van der Waals surface area contributed by atoms with Gasteiger partial charge in [0.05, 0.1) is 37.2 Å². The summed E-state index contributed by atoms with van der Waals surface area (Å²) in [7, 11) is -1.33. The van der Waals surface area contributed by atoms with Gasteiger partial charge in [0.1, 0.15) is 21.7 Å². The van der Waals surface area contributed by atoms with E-state index in [1.54, 1.807) is 12.1 Å². The average Bonchev–Trinajstić information content (AvgIpc) is 3.09. The number of sulfonamides is 1. The lowest BCUT2D eigenvalue weighted by Gasteiger charge is -2.13. The fourth-order valence-corrected chi connectivity index (χ4v) is 4.06. The lowest BCUT2D eigenvalue weighted by molar-refractivity contribution is 0.0600. The molecule has 0 atom stereocenters. The normalized spacial score (nSPS) is 11.3. The standard InChI is InChI=1S/C15H13N3O5S2/c1-22-12-7-6-9(15(19)23-2)8-11(12)18-25(20,21)13-5-3-4-10-14(13)17-24-16-10/h3-8,18H,1-2H3. The predicted octanol–water partition coefficient (Wildman–Crippen LogP) is 2.29. The summed E-state index contributed by atoms with van der Waals surface area (Å²) in [6.45, 7) is 0. The van der Waals surface area contributed by atoms with E-state index in [1.165, 1.54) is 38.5 Å². The Bertz CT molecular complexity index is 1050. The Kier molecular flexibility index (Phi) is 4.55. The zero-order valence-electron chi connectivity index (χ0n) is 13.2. The highest BCUT2D eigenvalue weighted by Crippen LogP contribution is 2.30. The minimum Gasteiger partial charge on any atom is -0.495 e. The summed E-state index contributed by atoms with van der Waals surface area (Å²) in [6, 6.07) is 9.00. The monoisotopic (exact) mass is 379 g/mol. The maximum Gasteiger partial charge on any atom is 0.337 e. The number of nitrogens with one attached hydrogen (secondary N) is 1. The second-order valence-corrected chi connectivity index (χ2v) is 7.08. The molecule has 25 heavy (non-hydrogen) atoms. The van der Waals surface area contributed by atoms with Crippen molar-refractivity contribution in [2.75, 3.05) is 18.9 Å². The smallest absolute Gasteiger partial charge is 0.337 e. The van der Waals surface area contributed by atoms with E-state index in [0.717, 1.165) is 11.7 Å². The van der Waals surface area contributed by atoms with Crippen LogP contribution in [0.1, 0.15) is 10.4 Å². The highest BCUT2D eigenvalue weighted by molar-refractivity contribution is 7.93. The van der Waals surface area contributed by atoms with Gasteiger partial charge in [0.2, 0.25) is 0 Å². The molecule has 0 radical (unpaired) electrons. The number of aromatic nitrogens is 2. The first kappa shape index (κ1) is 17.1. The Morgan fingerprint density at radius 1 is 1.16 bits per heavy atom. The number of ether oxygens (including phenoxy) is 2. The Labute approximate surface area is 147 Å². The third kappa shape index (κ3) is 3.26. The van der Waals surface area contributed by atoms with Gasteiger partial charge in [-0.3, -0.25) is 4.72 Å². The Morgan fingerprint density at radius 2 is 1.96 bits per heavy atom. The van der Waals surface area contributed by atoms with E-state index in [2.05, 4.69) is 18.2 Å². The molecule has 1 aromatic heterocycles. The quantitative estimate of drug-likeness (QED) is 0.678. The number of hydrogen-bond acceptors (Lipinski definition) is 8. The van der Waals surface area contributed by atoms with E-state index in [1.807, 2.05) is 0 Å². The molecule has 1 heterocycles. The molecule has 8 nitrogen and oxygen atoms in total. The van der Waals surface area contributed by atoms with Crippen molar-refractivity contribution < 1.29 is 22.7 Å². The van der Waals surface area contributed by atoms with Gasteiger partial charge in [-0.05, 0) is 30.3 Å². The van der Waals surface area contributed by atoms with Crippen molar-refractivity contribution in [1.82, 2.24) is 8.75 Å². The molecule has 0 spiro atoms. The van der Waals surface area contributed by atoms with Crippen molar-refractivity contribution >= 4 is 44.4 Å². The number of carbonyl (C=O) groups excluding carboxylic acids is 1. The van der Waals surface area contributed by atoms with Crippen LogP contribution in [-0.4, -0.2) is 37.4 Å². The Morgan fingerprint density at radius 3 is 2.68 bits per heavy atom. The SMILES string of the molecule is COC(=O)c1ccc(OC)c(NS(=O)(=O)c2cccc3nsnc23)c1. The van der Waals surface area contributed by atoms with Gasteiger partial charge in [-0.25, -0.2) is 13.2 Å². The van der Waals surface area contributed by atoms with E-state index >= 15 is 0 Å². The number of fused-ring (bicyclic) bond motifs is 1. The molecule has 3 aromatic rings. The molecule has 0 amide bonds. The Balaban J connectivity index is 2.06. The van der Waals surface area contributed by atoms with Crippen molar-refractivity contribution in [3.63, 3.8) is 0 Å². The van der Waals surface area contributed by atoms with E-state index in [-0.39, 0.29) is 27.4 Å². The fourth-order valence-electron chi connectivity index (χ4n) is 2.23. The summed E-state index contributed by atoms with van der Waals surface area (Å²) >= 11 is 0.928. The van der Waals surface area contributed by atoms with Crippen molar-refractivity contribution in [2.45, 2.75) is 4.90 Å². The van der Waals surface area contributed by atoms with Gasteiger partial charge in [0.15, 0.2) is 0 Å². The van der Waals surface area contributed by atoms with E-state index in [9.17, 15) is 13.2 Å². The summed E-state index contributed by atoms with van der Waals surface area (Å²) in [5, 5.41) is 0. The zero-order chi connectivity index (χ0) is 18.0. The number of esters is 1. The molecule has 2 aromatic carbocycles. The van der Waals surface area contributed by atoms with Crippen LogP contribution in [0.3, 0.4) is 0 Å². The van der Waals surface area contributed by atoms with Crippen molar-refractivity contribution in [3.05, 3.63) is 42.0 Å². The first-order valence-corrected chi connectivity index (χ1v) is 9.18. The molecule has 0 aliphatic carbocycles. The molecule has 0 fully saturated rings. The first-order chi connectivity index (χ1) is 12.0. The number of anilines is 1. The lowest BCUT2D eigenvalue weighted by atomic mass is 10.2. The Hall–Kier alpha value is -2.72. The first-order valence-electron chi connectivity index (χ1n) is 6.96. The molecule has 0 saturated heterocycles.